The van der Waals surface area contributed by atoms with E-state index in [0.717, 1.165) is 28.8 Å². The number of carbonyl (C=O) groups is 1. The van der Waals surface area contributed by atoms with Gasteiger partial charge in [-0.3, -0.25) is 9.36 Å². The van der Waals surface area contributed by atoms with Crippen LogP contribution in [0.3, 0.4) is 0 Å². The van der Waals surface area contributed by atoms with E-state index in [2.05, 4.69) is 10.3 Å². The van der Waals surface area contributed by atoms with Gasteiger partial charge in [-0.1, -0.05) is 18.2 Å². The average Bonchev–Trinajstić information content (AvgIpc) is 3.17. The number of nitrogens with one attached hydrogen (secondary N) is 1. The number of benzene rings is 2. The Hall–Kier alpha value is -3.12. The van der Waals surface area contributed by atoms with E-state index < -0.39 is 5.85 Å². The van der Waals surface area contributed by atoms with Gasteiger partial charge in [-0.2, -0.15) is 0 Å². The number of ether oxygens (including phenoxy) is 2. The van der Waals surface area contributed by atoms with E-state index in [1.54, 1.807) is 24.2 Å². The average molecular weight is 335 g/mol. The maximum Gasteiger partial charge on any atom is 0.252 e. The van der Waals surface area contributed by atoms with E-state index in [-0.39, 0.29) is 0 Å². The smallest absolute Gasteiger partial charge is 0.252 e. The van der Waals surface area contributed by atoms with E-state index >= 15 is 0 Å². The van der Waals surface area contributed by atoms with Crippen LogP contribution in [-0.4, -0.2) is 22.9 Å². The predicted molar refractivity (Wildman–Crippen MR) is 92.5 cm³/mol. The molecule has 1 N–H and O–H groups in total. The fourth-order valence-electron chi connectivity index (χ4n) is 3.00. The molecule has 2 aromatic carbocycles. The molecule has 0 spiro atoms. The molecule has 1 unspecified atom stereocenters. The zero-order valence-electron chi connectivity index (χ0n) is 13.7. The molecule has 2 heterocycles. The third kappa shape index (κ3) is 2.56. The Kier molecular flexibility index (Phi) is 3.74. The summed E-state index contributed by atoms with van der Waals surface area (Å²) in [5.74, 6) is -0.233. The van der Waals surface area contributed by atoms with Crippen molar-refractivity contribution < 1.29 is 14.3 Å². The van der Waals surface area contributed by atoms with E-state index in [1.807, 2.05) is 48.5 Å². The van der Waals surface area contributed by atoms with Gasteiger partial charge in [0, 0.05) is 23.0 Å². The number of hydrogen-bond donors (Lipinski definition) is 1. The van der Waals surface area contributed by atoms with Gasteiger partial charge in [0.05, 0.1) is 20.0 Å². The highest BCUT2D eigenvalue weighted by Gasteiger charge is 2.39. The maximum absolute atomic E-state index is 11.1. The minimum Gasteiger partial charge on any atom is -0.497 e. The molecule has 126 valence electrons. The van der Waals surface area contributed by atoms with Crippen LogP contribution in [0.1, 0.15) is 21.6 Å². The highest BCUT2D eigenvalue weighted by molar-refractivity contribution is 5.71. The van der Waals surface area contributed by atoms with Crippen molar-refractivity contribution in [1.82, 2.24) is 9.55 Å². The number of anilines is 1. The second-order valence-corrected chi connectivity index (χ2v) is 5.77. The van der Waals surface area contributed by atoms with E-state index in [0.29, 0.717) is 12.3 Å². The summed E-state index contributed by atoms with van der Waals surface area (Å²) in [7, 11) is 1.63. The molecule has 0 bridgehead atoms. The Morgan fingerprint density at radius 1 is 1.24 bits per heavy atom. The first-order valence-corrected chi connectivity index (χ1v) is 7.89. The van der Waals surface area contributed by atoms with Crippen molar-refractivity contribution in [3.8, 4) is 5.75 Å². The lowest BCUT2D eigenvalue weighted by molar-refractivity contribution is -0.0700. The summed E-state index contributed by atoms with van der Waals surface area (Å²) in [6.45, 7) is 0.434. The predicted octanol–water partition coefficient (Wildman–Crippen LogP) is 3.01. The molecule has 6 nitrogen and oxygen atoms in total. The van der Waals surface area contributed by atoms with Gasteiger partial charge >= 0.3 is 0 Å². The largest absolute Gasteiger partial charge is 0.497 e. The first kappa shape index (κ1) is 15.4. The summed E-state index contributed by atoms with van der Waals surface area (Å²) in [6, 6.07) is 15.6. The zero-order valence-corrected chi connectivity index (χ0v) is 13.7. The number of aldehydes is 1. The molecule has 25 heavy (non-hydrogen) atoms. The highest BCUT2D eigenvalue weighted by atomic mass is 16.5. The molecule has 0 saturated heterocycles. The fraction of sp³-hybridized carbons (Fsp3) is 0.158. The lowest BCUT2D eigenvalue weighted by Crippen LogP contribution is -2.47. The molecule has 0 amide bonds. The summed E-state index contributed by atoms with van der Waals surface area (Å²) in [5, 5.41) is 3.46. The standard InChI is InChI=1S/C19H17N3O3/c1-24-17-8-6-15(7-9-17)19(22-10-16(11-23)20-13-22)21-18-5-3-2-4-14(18)12-25-19/h2-11,13,21H,12H2,1H3. The number of imidazole rings is 1. The van der Waals surface area contributed by atoms with Gasteiger partial charge in [0.25, 0.3) is 5.85 Å². The number of methoxy groups -OCH3 is 1. The van der Waals surface area contributed by atoms with Crippen LogP contribution in [0.5, 0.6) is 5.75 Å². The zero-order chi connectivity index (χ0) is 17.3. The Morgan fingerprint density at radius 3 is 2.76 bits per heavy atom. The lowest BCUT2D eigenvalue weighted by Gasteiger charge is -2.40. The summed E-state index contributed by atoms with van der Waals surface area (Å²) in [5.41, 5.74) is 3.27. The summed E-state index contributed by atoms with van der Waals surface area (Å²) >= 11 is 0. The van der Waals surface area contributed by atoms with Crippen LogP contribution in [-0.2, 0) is 17.2 Å². The van der Waals surface area contributed by atoms with Crippen molar-refractivity contribution >= 4 is 12.0 Å². The Balaban J connectivity index is 1.85. The number of aromatic nitrogens is 2. The van der Waals surface area contributed by atoms with Gasteiger partial charge < -0.3 is 14.8 Å². The molecule has 3 aromatic rings. The number of carbonyl (C=O) groups excluding carboxylic acids is 1. The van der Waals surface area contributed by atoms with Gasteiger partial charge in [-0.15, -0.1) is 0 Å². The van der Waals surface area contributed by atoms with Crippen LogP contribution in [0.4, 0.5) is 5.69 Å². The molecule has 4 rings (SSSR count). The van der Waals surface area contributed by atoms with Gasteiger partial charge in [0.1, 0.15) is 11.4 Å². The van der Waals surface area contributed by atoms with Gasteiger partial charge in [0.2, 0.25) is 0 Å². The van der Waals surface area contributed by atoms with Crippen LogP contribution in [0, 0.1) is 0 Å². The van der Waals surface area contributed by atoms with Crippen molar-refractivity contribution in [2.45, 2.75) is 12.5 Å². The molecular formula is C19H17N3O3. The molecule has 1 aliphatic heterocycles. The first-order valence-electron chi connectivity index (χ1n) is 7.89. The van der Waals surface area contributed by atoms with Crippen LogP contribution in [0.25, 0.3) is 0 Å². The summed E-state index contributed by atoms with van der Waals surface area (Å²) in [6.07, 6.45) is 3.97. The molecule has 0 fully saturated rings. The van der Waals surface area contributed by atoms with Crippen molar-refractivity contribution in [3.63, 3.8) is 0 Å². The van der Waals surface area contributed by atoms with E-state index in [9.17, 15) is 4.79 Å². The SMILES string of the molecule is COc1ccc(C2(n3cnc(C=O)c3)Nc3ccccc3CO2)cc1. The molecule has 1 aromatic heterocycles. The van der Waals surface area contributed by atoms with E-state index in [4.69, 9.17) is 9.47 Å². The number of rotatable bonds is 4. The maximum atomic E-state index is 11.1. The second-order valence-electron chi connectivity index (χ2n) is 5.77. The normalized spacial score (nSPS) is 18.9. The van der Waals surface area contributed by atoms with Crippen molar-refractivity contribution in [2.24, 2.45) is 0 Å². The second kappa shape index (κ2) is 6.07. The van der Waals surface area contributed by atoms with Gasteiger partial charge in [0.15, 0.2) is 6.29 Å². The molecular weight excluding hydrogens is 318 g/mol. The van der Waals surface area contributed by atoms with Crippen molar-refractivity contribution in [3.05, 3.63) is 77.9 Å². The number of nitrogens with zero attached hydrogens (tertiary/aromatic N) is 2. The fourth-order valence-corrected chi connectivity index (χ4v) is 3.00. The lowest BCUT2D eigenvalue weighted by atomic mass is 10.0. The van der Waals surface area contributed by atoms with Crippen LogP contribution in [0.2, 0.25) is 0 Å². The third-order valence-electron chi connectivity index (χ3n) is 4.33. The molecule has 1 aliphatic rings. The quantitative estimate of drug-likeness (QED) is 0.743. The summed E-state index contributed by atoms with van der Waals surface area (Å²) in [4.78, 5) is 15.2. The highest BCUT2D eigenvalue weighted by Crippen LogP contribution is 2.37. The number of hydrogen-bond acceptors (Lipinski definition) is 5. The number of para-hydroxylation sites is 1. The Bertz CT molecular complexity index is 904. The van der Waals surface area contributed by atoms with Gasteiger partial charge in [-0.25, -0.2) is 4.98 Å². The van der Waals surface area contributed by atoms with Gasteiger partial charge in [-0.05, 0) is 30.3 Å². The molecule has 6 heteroatoms. The van der Waals surface area contributed by atoms with Crippen molar-refractivity contribution in [1.29, 1.82) is 0 Å². The minimum absolute atomic E-state index is 0.345. The first-order chi connectivity index (χ1) is 12.2. The van der Waals surface area contributed by atoms with Crippen LogP contribution in [0.15, 0.2) is 61.1 Å². The molecule has 0 saturated carbocycles. The third-order valence-corrected chi connectivity index (χ3v) is 4.33. The monoisotopic (exact) mass is 335 g/mol. The molecule has 0 radical (unpaired) electrons. The summed E-state index contributed by atoms with van der Waals surface area (Å²) < 4.78 is 13.3. The number of fused-ring (bicyclic) bond motifs is 1. The van der Waals surface area contributed by atoms with Crippen LogP contribution < -0.4 is 10.1 Å². The van der Waals surface area contributed by atoms with Crippen LogP contribution >= 0.6 is 0 Å². The topological polar surface area (TPSA) is 65.4 Å². The minimum atomic E-state index is -0.991. The molecule has 1 atom stereocenters. The molecule has 0 aliphatic carbocycles. The Labute approximate surface area is 145 Å². The Morgan fingerprint density at radius 2 is 2.04 bits per heavy atom. The van der Waals surface area contributed by atoms with E-state index in [1.165, 1.54) is 0 Å². The van der Waals surface area contributed by atoms with Crippen molar-refractivity contribution in [2.75, 3.05) is 12.4 Å².